The first-order valence-electron chi connectivity index (χ1n) is 15.7. The molecule has 7 nitrogen and oxygen atoms in total. The van der Waals surface area contributed by atoms with Crippen molar-refractivity contribution in [1.29, 1.82) is 0 Å². The van der Waals surface area contributed by atoms with Gasteiger partial charge >= 0.3 is 0 Å². The van der Waals surface area contributed by atoms with E-state index in [0.29, 0.717) is 35.4 Å². The second-order valence-electron chi connectivity index (χ2n) is 12.0. The molecule has 3 aromatic carbocycles. The summed E-state index contributed by atoms with van der Waals surface area (Å²) in [6, 6.07) is 21.9. The summed E-state index contributed by atoms with van der Waals surface area (Å²) in [5.41, 5.74) is 6.91. The van der Waals surface area contributed by atoms with Crippen molar-refractivity contribution >= 4 is 28.3 Å². The van der Waals surface area contributed by atoms with E-state index in [9.17, 15) is 9.59 Å². The topological polar surface area (TPSA) is 80.4 Å². The molecule has 1 aliphatic rings. The van der Waals surface area contributed by atoms with E-state index in [1.165, 1.54) is 0 Å². The van der Waals surface area contributed by atoms with Crippen molar-refractivity contribution in [2.75, 3.05) is 24.5 Å². The summed E-state index contributed by atoms with van der Waals surface area (Å²) in [5.74, 6) is 0.556. The quantitative estimate of drug-likeness (QED) is 0.150. The van der Waals surface area contributed by atoms with Crippen LogP contribution in [0.2, 0.25) is 0 Å². The lowest BCUT2D eigenvalue weighted by Crippen LogP contribution is -2.32. The minimum atomic E-state index is -0.0872. The lowest BCUT2D eigenvalue weighted by atomic mass is 9.95. The van der Waals surface area contributed by atoms with E-state index in [2.05, 4.69) is 41.3 Å². The van der Waals surface area contributed by atoms with Crippen LogP contribution in [-0.4, -0.2) is 41.1 Å². The van der Waals surface area contributed by atoms with Crippen LogP contribution in [0.4, 0.5) is 5.69 Å². The highest BCUT2D eigenvalue weighted by atomic mass is 16.3. The van der Waals surface area contributed by atoms with Gasteiger partial charge in [-0.15, -0.1) is 0 Å². The summed E-state index contributed by atoms with van der Waals surface area (Å²) in [6.07, 6.45) is 6.29. The number of fused-ring (bicyclic) bond motifs is 1. The Kier molecular flexibility index (Phi) is 8.13. The van der Waals surface area contributed by atoms with E-state index in [1.54, 1.807) is 6.20 Å². The molecule has 1 fully saturated rings. The van der Waals surface area contributed by atoms with Crippen LogP contribution in [-0.2, 0) is 6.54 Å². The third-order valence-corrected chi connectivity index (χ3v) is 8.90. The number of ketones is 1. The fraction of sp³-hybridized carbons (Fsp3) is 0.324. The van der Waals surface area contributed by atoms with Crippen molar-refractivity contribution in [3.05, 3.63) is 95.8 Å². The molecule has 2 aromatic heterocycles. The Labute approximate surface area is 258 Å². The van der Waals surface area contributed by atoms with Crippen LogP contribution in [0.3, 0.4) is 0 Å². The van der Waals surface area contributed by atoms with E-state index < -0.39 is 0 Å². The minimum absolute atomic E-state index is 0.0399. The van der Waals surface area contributed by atoms with Gasteiger partial charge < -0.3 is 14.6 Å². The highest BCUT2D eigenvalue weighted by Gasteiger charge is 2.43. The van der Waals surface area contributed by atoms with Gasteiger partial charge in [0.1, 0.15) is 11.3 Å². The first-order valence-corrected chi connectivity index (χ1v) is 15.7. The number of amides is 1. The van der Waals surface area contributed by atoms with Gasteiger partial charge in [-0.25, -0.2) is 0 Å². The summed E-state index contributed by atoms with van der Waals surface area (Å²) in [4.78, 5) is 29.1. The SMILES string of the molecule is CCC(=O)c1c(-c2ccc(C)cc2)oc2cc(N(CC)CC)c(-c3cccc(C(=O)NCC4(Cn5cccn5)CC4)c3)cc12. The number of nitrogens with one attached hydrogen (secondary N) is 1. The van der Waals surface area contributed by atoms with Gasteiger partial charge in [-0.1, -0.05) is 48.9 Å². The molecular formula is C37H40N4O3. The number of hydrogen-bond donors (Lipinski definition) is 1. The average molecular weight is 589 g/mol. The summed E-state index contributed by atoms with van der Waals surface area (Å²) in [6.45, 7) is 11.2. The number of aromatic nitrogens is 2. The van der Waals surface area contributed by atoms with Crippen LogP contribution >= 0.6 is 0 Å². The molecule has 1 amide bonds. The Morgan fingerprint density at radius 2 is 1.75 bits per heavy atom. The summed E-state index contributed by atoms with van der Waals surface area (Å²) < 4.78 is 8.42. The van der Waals surface area contributed by atoms with Gasteiger partial charge in [0.15, 0.2) is 5.78 Å². The van der Waals surface area contributed by atoms with Crippen molar-refractivity contribution in [2.24, 2.45) is 5.41 Å². The number of Topliss-reactive ketones (excluding diaryl/α,β-unsaturated/α-hetero) is 1. The summed E-state index contributed by atoms with van der Waals surface area (Å²) >= 11 is 0. The first-order chi connectivity index (χ1) is 21.3. The molecule has 44 heavy (non-hydrogen) atoms. The maximum atomic E-state index is 13.4. The normalized spacial score (nSPS) is 13.6. The average Bonchev–Trinajstić information content (AvgIpc) is 3.42. The summed E-state index contributed by atoms with van der Waals surface area (Å²) in [5, 5.41) is 8.33. The third-order valence-electron chi connectivity index (χ3n) is 8.90. The monoisotopic (exact) mass is 588 g/mol. The number of furan rings is 1. The van der Waals surface area contributed by atoms with E-state index in [0.717, 1.165) is 65.8 Å². The maximum absolute atomic E-state index is 13.4. The van der Waals surface area contributed by atoms with E-state index >= 15 is 0 Å². The third kappa shape index (κ3) is 5.79. The highest BCUT2D eigenvalue weighted by Crippen LogP contribution is 2.46. The Hall–Kier alpha value is -4.65. The van der Waals surface area contributed by atoms with Crippen LogP contribution in [0, 0.1) is 12.3 Å². The minimum Gasteiger partial charge on any atom is -0.455 e. The first kappa shape index (κ1) is 29.4. The van der Waals surface area contributed by atoms with Gasteiger partial charge in [0, 0.05) is 84.2 Å². The molecular weight excluding hydrogens is 548 g/mol. The van der Waals surface area contributed by atoms with Crippen LogP contribution < -0.4 is 10.2 Å². The summed E-state index contributed by atoms with van der Waals surface area (Å²) in [7, 11) is 0. The van der Waals surface area contributed by atoms with Crippen LogP contribution in [0.5, 0.6) is 0 Å². The zero-order valence-electron chi connectivity index (χ0n) is 26.0. The second kappa shape index (κ2) is 12.2. The van der Waals surface area contributed by atoms with Gasteiger partial charge in [-0.2, -0.15) is 5.10 Å². The molecule has 6 rings (SSSR count). The van der Waals surface area contributed by atoms with Crippen LogP contribution in [0.15, 0.2) is 83.5 Å². The number of carbonyl (C=O) groups excluding carboxylic acids is 2. The fourth-order valence-corrected chi connectivity index (χ4v) is 6.05. The number of rotatable bonds is 12. The Morgan fingerprint density at radius 3 is 2.41 bits per heavy atom. The van der Waals surface area contributed by atoms with E-state index in [4.69, 9.17) is 4.42 Å². The van der Waals surface area contributed by atoms with Crippen LogP contribution in [0.1, 0.15) is 66.3 Å². The largest absolute Gasteiger partial charge is 0.455 e. The molecule has 7 heteroatoms. The molecule has 0 saturated heterocycles. The van der Waals surface area contributed by atoms with E-state index in [1.807, 2.05) is 79.3 Å². The number of aryl methyl sites for hydroxylation is 1. The number of carbonyl (C=O) groups is 2. The van der Waals surface area contributed by atoms with Gasteiger partial charge in [0.2, 0.25) is 0 Å². The van der Waals surface area contributed by atoms with E-state index in [-0.39, 0.29) is 17.1 Å². The molecule has 1 aliphatic carbocycles. The Morgan fingerprint density at radius 1 is 0.977 bits per heavy atom. The van der Waals surface area contributed by atoms with Crippen molar-refractivity contribution in [2.45, 2.75) is 53.5 Å². The fourth-order valence-electron chi connectivity index (χ4n) is 6.05. The molecule has 0 aliphatic heterocycles. The zero-order valence-corrected chi connectivity index (χ0v) is 26.0. The molecule has 0 atom stereocenters. The molecule has 0 unspecified atom stereocenters. The molecule has 0 bridgehead atoms. The number of hydrogen-bond acceptors (Lipinski definition) is 5. The molecule has 0 radical (unpaired) electrons. The lowest BCUT2D eigenvalue weighted by molar-refractivity contribution is 0.0941. The smallest absolute Gasteiger partial charge is 0.251 e. The zero-order chi connectivity index (χ0) is 30.8. The molecule has 226 valence electrons. The van der Waals surface area contributed by atoms with Crippen molar-refractivity contribution in [1.82, 2.24) is 15.1 Å². The number of benzene rings is 3. The molecule has 0 spiro atoms. The standard InChI is InChI=1S/C37H40N4O3/c1-5-32(42)34-30-21-29(31(40(6-2)7-3)22-33(30)44-35(34)26-14-12-25(4)13-15-26)27-10-8-11-28(20-27)36(43)38-23-37(16-17-37)24-41-19-9-18-39-41/h8-15,18-22H,5-7,16-17,23-24H2,1-4H3,(H,38,43). The molecule has 1 saturated carbocycles. The van der Waals surface area contributed by atoms with Gasteiger partial charge in [0.05, 0.1) is 5.56 Å². The Balaban J connectivity index is 1.39. The molecule has 2 heterocycles. The van der Waals surface area contributed by atoms with Gasteiger partial charge in [0.25, 0.3) is 5.91 Å². The van der Waals surface area contributed by atoms with Crippen molar-refractivity contribution < 1.29 is 14.0 Å². The molecule has 5 aromatic rings. The Bertz CT molecular complexity index is 1790. The van der Waals surface area contributed by atoms with Crippen molar-refractivity contribution in [3.63, 3.8) is 0 Å². The predicted octanol–water partition coefficient (Wildman–Crippen LogP) is 7.92. The lowest BCUT2D eigenvalue weighted by Gasteiger charge is -2.24. The van der Waals surface area contributed by atoms with Gasteiger partial charge in [-0.3, -0.25) is 14.3 Å². The van der Waals surface area contributed by atoms with Gasteiger partial charge in [-0.05, 0) is 63.4 Å². The number of anilines is 1. The van der Waals surface area contributed by atoms with Crippen LogP contribution in [0.25, 0.3) is 33.4 Å². The molecule has 1 N–H and O–H groups in total. The predicted molar refractivity (Wildman–Crippen MR) is 176 cm³/mol. The van der Waals surface area contributed by atoms with Crippen molar-refractivity contribution in [3.8, 4) is 22.5 Å². The number of nitrogens with zero attached hydrogens (tertiary/aromatic N) is 3. The maximum Gasteiger partial charge on any atom is 0.251 e. The second-order valence-corrected chi connectivity index (χ2v) is 12.0. The highest BCUT2D eigenvalue weighted by molar-refractivity contribution is 6.13.